The molecule has 3 nitrogen and oxygen atoms in total. The molecule has 0 unspecified atom stereocenters. The van der Waals surface area contributed by atoms with Gasteiger partial charge in [0.25, 0.3) is 0 Å². The Morgan fingerprint density at radius 2 is 1.96 bits per heavy atom. The van der Waals surface area contributed by atoms with Crippen LogP contribution in [0.5, 0.6) is 5.75 Å². The highest BCUT2D eigenvalue weighted by molar-refractivity contribution is 6.31. The van der Waals surface area contributed by atoms with E-state index in [2.05, 4.69) is 24.4 Å². The van der Waals surface area contributed by atoms with Crippen LogP contribution in [0.4, 0.5) is 5.69 Å². The van der Waals surface area contributed by atoms with E-state index >= 15 is 0 Å². The Hall–Kier alpha value is -2.00. The first kappa shape index (κ1) is 17.4. The zero-order chi connectivity index (χ0) is 16.8. The van der Waals surface area contributed by atoms with Crippen LogP contribution in [0.3, 0.4) is 0 Å². The summed E-state index contributed by atoms with van der Waals surface area (Å²) < 4.78 is 5.92. The minimum atomic E-state index is -0.0444. The Kier molecular flexibility index (Phi) is 6.05. The molecule has 0 spiro atoms. The number of carbonyl (C=O) groups is 1. The lowest BCUT2D eigenvalue weighted by atomic mass is 10.1. The zero-order valence-electron chi connectivity index (χ0n) is 13.8. The van der Waals surface area contributed by atoms with E-state index in [1.807, 2.05) is 26.0 Å². The third-order valence-corrected chi connectivity index (χ3v) is 3.93. The fraction of sp³-hybridized carbons (Fsp3) is 0.316. The molecule has 0 atom stereocenters. The van der Waals surface area contributed by atoms with Crippen molar-refractivity contribution >= 4 is 23.2 Å². The molecule has 0 heterocycles. The predicted octanol–water partition coefficient (Wildman–Crippen LogP) is 5.14. The molecule has 23 heavy (non-hydrogen) atoms. The van der Waals surface area contributed by atoms with Crippen molar-refractivity contribution in [3.05, 3.63) is 58.1 Å². The zero-order valence-corrected chi connectivity index (χ0v) is 14.5. The van der Waals surface area contributed by atoms with Gasteiger partial charge in [-0.25, -0.2) is 0 Å². The molecule has 0 aliphatic heterocycles. The molecule has 0 radical (unpaired) electrons. The molecule has 0 aromatic heterocycles. The molecule has 2 rings (SSSR count). The Labute approximate surface area is 142 Å². The number of anilines is 1. The van der Waals surface area contributed by atoms with Gasteiger partial charge in [-0.2, -0.15) is 0 Å². The van der Waals surface area contributed by atoms with Gasteiger partial charge < -0.3 is 10.1 Å². The third-order valence-electron chi connectivity index (χ3n) is 3.70. The maximum atomic E-state index is 11.6. The van der Waals surface area contributed by atoms with E-state index in [1.165, 1.54) is 5.56 Å². The molecule has 2 aromatic carbocycles. The van der Waals surface area contributed by atoms with Crippen LogP contribution in [0.1, 0.15) is 37.0 Å². The number of nitrogens with one attached hydrogen (secondary N) is 1. The van der Waals surface area contributed by atoms with Gasteiger partial charge in [0.1, 0.15) is 12.4 Å². The van der Waals surface area contributed by atoms with Crippen molar-refractivity contribution in [1.82, 2.24) is 0 Å². The van der Waals surface area contributed by atoms with Crippen molar-refractivity contribution in [2.75, 3.05) is 5.32 Å². The van der Waals surface area contributed by atoms with Crippen molar-refractivity contribution in [2.24, 2.45) is 0 Å². The maximum absolute atomic E-state index is 11.6. The first-order valence-corrected chi connectivity index (χ1v) is 8.21. The Morgan fingerprint density at radius 1 is 1.17 bits per heavy atom. The van der Waals surface area contributed by atoms with Crippen molar-refractivity contribution in [3.63, 3.8) is 0 Å². The number of amides is 1. The van der Waals surface area contributed by atoms with E-state index in [1.54, 1.807) is 12.1 Å². The number of carbonyl (C=O) groups excluding carboxylic acids is 1. The second kappa shape index (κ2) is 8.02. The minimum absolute atomic E-state index is 0.0444. The first-order valence-electron chi connectivity index (χ1n) is 7.84. The summed E-state index contributed by atoms with van der Waals surface area (Å²) >= 11 is 6.03. The van der Waals surface area contributed by atoms with Gasteiger partial charge in [0.15, 0.2) is 0 Å². The number of ether oxygens (including phenoxy) is 1. The normalized spacial score (nSPS) is 10.4. The molecule has 4 heteroatoms. The second-order valence-electron chi connectivity index (χ2n) is 5.45. The van der Waals surface area contributed by atoms with Gasteiger partial charge in [-0.3, -0.25) is 4.79 Å². The summed E-state index contributed by atoms with van der Waals surface area (Å²) in [5.74, 6) is 0.807. The molecular formula is C19H22ClNO2. The Balaban J connectivity index is 2.15. The van der Waals surface area contributed by atoms with Crippen LogP contribution < -0.4 is 10.1 Å². The van der Waals surface area contributed by atoms with Gasteiger partial charge in [0, 0.05) is 22.7 Å². The average molecular weight is 332 g/mol. The van der Waals surface area contributed by atoms with Gasteiger partial charge in [-0.1, -0.05) is 43.6 Å². The smallest absolute Gasteiger partial charge is 0.224 e. The molecule has 0 saturated carbocycles. The summed E-state index contributed by atoms with van der Waals surface area (Å²) in [5.41, 5.74) is 4.00. The third kappa shape index (κ3) is 4.73. The largest absolute Gasteiger partial charge is 0.489 e. The molecule has 1 N–H and O–H groups in total. The van der Waals surface area contributed by atoms with E-state index in [0.717, 1.165) is 23.3 Å². The maximum Gasteiger partial charge on any atom is 0.224 e. The van der Waals surface area contributed by atoms with Crippen LogP contribution in [0.25, 0.3) is 0 Å². The highest BCUT2D eigenvalue weighted by Gasteiger charge is 2.08. The number of hydrogen-bond acceptors (Lipinski definition) is 2. The minimum Gasteiger partial charge on any atom is -0.489 e. The van der Waals surface area contributed by atoms with Gasteiger partial charge in [-0.15, -0.1) is 0 Å². The number of aryl methyl sites for hydroxylation is 2. The van der Waals surface area contributed by atoms with Crippen molar-refractivity contribution in [2.45, 2.75) is 40.2 Å². The lowest BCUT2D eigenvalue weighted by Crippen LogP contribution is -2.12. The number of rotatable bonds is 6. The second-order valence-corrected chi connectivity index (χ2v) is 5.88. The van der Waals surface area contributed by atoms with Crippen LogP contribution in [0, 0.1) is 6.92 Å². The van der Waals surface area contributed by atoms with E-state index < -0.39 is 0 Å². The molecule has 0 aliphatic carbocycles. The number of benzene rings is 2. The van der Waals surface area contributed by atoms with Crippen LogP contribution in [0.15, 0.2) is 36.4 Å². The van der Waals surface area contributed by atoms with Gasteiger partial charge in [-0.05, 0) is 42.7 Å². The van der Waals surface area contributed by atoms with Crippen LogP contribution in [0.2, 0.25) is 5.02 Å². The highest BCUT2D eigenvalue weighted by Crippen LogP contribution is 2.25. The van der Waals surface area contributed by atoms with Crippen molar-refractivity contribution in [3.8, 4) is 5.75 Å². The van der Waals surface area contributed by atoms with Crippen LogP contribution in [-0.2, 0) is 17.8 Å². The molecule has 0 bridgehead atoms. The summed E-state index contributed by atoms with van der Waals surface area (Å²) in [5, 5.41) is 3.45. The lowest BCUT2D eigenvalue weighted by molar-refractivity contribution is -0.115. The van der Waals surface area contributed by atoms with Crippen LogP contribution >= 0.6 is 11.6 Å². The van der Waals surface area contributed by atoms with Gasteiger partial charge in [0.05, 0.1) is 0 Å². The molecule has 2 aromatic rings. The summed E-state index contributed by atoms with van der Waals surface area (Å²) in [4.78, 5) is 11.6. The molecule has 122 valence electrons. The van der Waals surface area contributed by atoms with E-state index in [9.17, 15) is 4.79 Å². The monoisotopic (exact) mass is 331 g/mol. The fourth-order valence-corrected chi connectivity index (χ4v) is 2.45. The summed E-state index contributed by atoms with van der Waals surface area (Å²) in [6, 6.07) is 11.6. The Morgan fingerprint density at radius 3 is 2.61 bits per heavy atom. The van der Waals surface area contributed by atoms with Gasteiger partial charge in [0.2, 0.25) is 5.91 Å². The molecule has 0 saturated heterocycles. The highest BCUT2D eigenvalue weighted by atomic mass is 35.5. The summed E-state index contributed by atoms with van der Waals surface area (Å²) in [6.07, 6.45) is 1.43. The quantitative estimate of drug-likeness (QED) is 0.796. The standard InChI is InChI=1S/C19H22ClNO2/c1-4-14-6-9-18(13(3)10-14)23-12-15-7-8-16(20)11-17(15)21-19(22)5-2/h6-11H,4-5,12H2,1-3H3,(H,21,22). The average Bonchev–Trinajstić information content (AvgIpc) is 2.54. The lowest BCUT2D eigenvalue weighted by Gasteiger charge is -2.14. The van der Waals surface area contributed by atoms with E-state index in [4.69, 9.17) is 16.3 Å². The molecule has 0 fully saturated rings. The molecular weight excluding hydrogens is 310 g/mol. The summed E-state index contributed by atoms with van der Waals surface area (Å²) in [7, 11) is 0. The SMILES string of the molecule is CCC(=O)Nc1cc(Cl)ccc1COc1ccc(CC)cc1C. The van der Waals surface area contributed by atoms with Crippen molar-refractivity contribution in [1.29, 1.82) is 0 Å². The first-order chi connectivity index (χ1) is 11.0. The number of hydrogen-bond donors (Lipinski definition) is 1. The topological polar surface area (TPSA) is 38.3 Å². The van der Waals surface area contributed by atoms with Gasteiger partial charge >= 0.3 is 0 Å². The summed E-state index contributed by atoms with van der Waals surface area (Å²) in [6.45, 7) is 6.36. The predicted molar refractivity (Wildman–Crippen MR) is 95.3 cm³/mol. The van der Waals surface area contributed by atoms with Crippen LogP contribution in [-0.4, -0.2) is 5.91 Å². The molecule has 1 amide bonds. The number of halogens is 1. The molecule has 0 aliphatic rings. The van der Waals surface area contributed by atoms with Crippen molar-refractivity contribution < 1.29 is 9.53 Å². The van der Waals surface area contributed by atoms with E-state index in [-0.39, 0.29) is 5.91 Å². The fourth-order valence-electron chi connectivity index (χ4n) is 2.28. The van der Waals surface area contributed by atoms with E-state index in [0.29, 0.717) is 23.7 Å². The Bertz CT molecular complexity index is 698.